The number of para-hydroxylation sites is 1. The summed E-state index contributed by atoms with van der Waals surface area (Å²) in [6.07, 6.45) is 0. The maximum atomic E-state index is 12.9. The highest BCUT2D eigenvalue weighted by atomic mass is 16.5. The largest absolute Gasteiger partial charge is 0.490 e. The maximum Gasteiger partial charge on any atom is 0.185 e. The molecule has 4 nitrogen and oxygen atoms in total. The van der Waals surface area contributed by atoms with Crippen LogP contribution in [-0.4, -0.2) is 31.5 Å². The Morgan fingerprint density at radius 3 is 2.78 bits per heavy atom. The molecule has 2 aromatic rings. The fourth-order valence-corrected chi connectivity index (χ4v) is 2.98. The number of rotatable bonds is 5. The number of ketones is 1. The molecule has 0 saturated heterocycles. The van der Waals surface area contributed by atoms with Crippen molar-refractivity contribution < 1.29 is 9.53 Å². The highest BCUT2D eigenvalue weighted by Crippen LogP contribution is 2.29. The number of fused-ring (bicyclic) bond motifs is 1. The second kappa shape index (κ2) is 6.73. The third-order valence-electron chi connectivity index (χ3n) is 4.21. The summed E-state index contributed by atoms with van der Waals surface area (Å²) in [7, 11) is 0. The Kier molecular flexibility index (Phi) is 4.51. The summed E-state index contributed by atoms with van der Waals surface area (Å²) in [5.74, 6) is 0.932. The second-order valence-electron chi connectivity index (χ2n) is 5.65. The third-order valence-corrected chi connectivity index (χ3v) is 4.21. The Labute approximate surface area is 137 Å². The molecule has 3 rings (SSSR count). The molecule has 0 radical (unpaired) electrons. The van der Waals surface area contributed by atoms with Gasteiger partial charge < -0.3 is 15.0 Å². The van der Waals surface area contributed by atoms with E-state index in [1.54, 1.807) is 0 Å². The minimum atomic E-state index is -0.218. The van der Waals surface area contributed by atoms with E-state index in [2.05, 4.69) is 17.1 Å². The average Bonchev–Trinajstić information content (AvgIpc) is 2.62. The molecule has 0 saturated carbocycles. The van der Waals surface area contributed by atoms with Gasteiger partial charge in [0, 0.05) is 24.3 Å². The van der Waals surface area contributed by atoms with Gasteiger partial charge in [-0.1, -0.05) is 18.2 Å². The van der Waals surface area contributed by atoms with Crippen LogP contribution >= 0.6 is 0 Å². The topological polar surface area (TPSA) is 41.6 Å². The quantitative estimate of drug-likeness (QED) is 0.857. The van der Waals surface area contributed by atoms with Crippen LogP contribution in [0.1, 0.15) is 24.2 Å². The van der Waals surface area contributed by atoms with Crippen molar-refractivity contribution in [1.82, 2.24) is 0 Å². The van der Waals surface area contributed by atoms with Gasteiger partial charge in [-0.15, -0.1) is 0 Å². The van der Waals surface area contributed by atoms with Gasteiger partial charge in [-0.25, -0.2) is 0 Å². The number of ether oxygens (including phenoxy) is 1. The lowest BCUT2D eigenvalue weighted by atomic mass is 10.0. The van der Waals surface area contributed by atoms with Gasteiger partial charge in [-0.05, 0) is 44.2 Å². The van der Waals surface area contributed by atoms with Gasteiger partial charge in [0.25, 0.3) is 0 Å². The van der Waals surface area contributed by atoms with Crippen molar-refractivity contribution in [3.63, 3.8) is 0 Å². The molecule has 1 atom stereocenters. The highest BCUT2D eigenvalue weighted by molar-refractivity contribution is 6.02. The summed E-state index contributed by atoms with van der Waals surface area (Å²) in [6.45, 7) is 6.24. The highest BCUT2D eigenvalue weighted by Gasteiger charge is 2.23. The van der Waals surface area contributed by atoms with Gasteiger partial charge in [0.2, 0.25) is 0 Å². The molecule has 4 heteroatoms. The normalized spacial score (nSPS) is 14.2. The Balaban J connectivity index is 1.84. The molecule has 0 bridgehead atoms. The molecule has 0 spiro atoms. The van der Waals surface area contributed by atoms with Gasteiger partial charge in [0.15, 0.2) is 5.78 Å². The lowest BCUT2D eigenvalue weighted by Gasteiger charge is -2.29. The Morgan fingerprint density at radius 1 is 1.26 bits per heavy atom. The molecular formula is C19H22N2O2. The van der Waals surface area contributed by atoms with Gasteiger partial charge in [0.05, 0.1) is 11.7 Å². The van der Waals surface area contributed by atoms with E-state index >= 15 is 0 Å². The summed E-state index contributed by atoms with van der Waals surface area (Å²) < 4.78 is 5.57. The van der Waals surface area contributed by atoms with Crippen LogP contribution in [0.15, 0.2) is 48.5 Å². The minimum absolute atomic E-state index is 0.117. The van der Waals surface area contributed by atoms with E-state index in [9.17, 15) is 4.79 Å². The molecule has 1 aliphatic rings. The van der Waals surface area contributed by atoms with Crippen molar-refractivity contribution in [2.24, 2.45) is 0 Å². The number of nitrogens with one attached hydrogen (secondary N) is 1. The van der Waals surface area contributed by atoms with Crippen LogP contribution in [0, 0.1) is 0 Å². The molecule has 0 fully saturated rings. The predicted octanol–water partition coefficient (Wildman–Crippen LogP) is 3.59. The molecule has 1 heterocycles. The zero-order valence-electron chi connectivity index (χ0n) is 13.6. The van der Waals surface area contributed by atoms with Crippen LogP contribution in [-0.2, 0) is 0 Å². The van der Waals surface area contributed by atoms with Gasteiger partial charge in [-0.2, -0.15) is 0 Å². The number of nitrogens with zero attached hydrogens (tertiary/aromatic N) is 1. The third kappa shape index (κ3) is 3.16. The number of hydrogen-bond donors (Lipinski definition) is 1. The monoisotopic (exact) mass is 310 g/mol. The van der Waals surface area contributed by atoms with Crippen LogP contribution in [0.25, 0.3) is 0 Å². The zero-order valence-corrected chi connectivity index (χ0v) is 13.6. The van der Waals surface area contributed by atoms with Crippen molar-refractivity contribution in [2.75, 3.05) is 29.9 Å². The minimum Gasteiger partial charge on any atom is -0.490 e. The number of likely N-dealkylation sites (N-methyl/N-ethyl adjacent to an activating group) is 1. The molecule has 0 amide bonds. The molecule has 1 N–H and O–H groups in total. The van der Waals surface area contributed by atoms with E-state index < -0.39 is 0 Å². The summed E-state index contributed by atoms with van der Waals surface area (Å²) >= 11 is 0. The molecule has 0 aliphatic carbocycles. The molecule has 1 unspecified atom stereocenters. The van der Waals surface area contributed by atoms with E-state index in [0.29, 0.717) is 12.2 Å². The van der Waals surface area contributed by atoms with Crippen LogP contribution in [0.4, 0.5) is 11.4 Å². The van der Waals surface area contributed by atoms with Gasteiger partial charge in [-0.3, -0.25) is 4.79 Å². The van der Waals surface area contributed by atoms with E-state index in [1.807, 2.05) is 55.5 Å². The van der Waals surface area contributed by atoms with Crippen molar-refractivity contribution in [2.45, 2.75) is 19.9 Å². The Hall–Kier alpha value is -2.49. The fourth-order valence-electron chi connectivity index (χ4n) is 2.98. The molecule has 0 aromatic heterocycles. The predicted molar refractivity (Wildman–Crippen MR) is 93.7 cm³/mol. The lowest BCUT2D eigenvalue weighted by Crippen LogP contribution is -2.39. The van der Waals surface area contributed by atoms with Crippen LogP contribution in [0.5, 0.6) is 5.75 Å². The first-order chi connectivity index (χ1) is 11.2. The van der Waals surface area contributed by atoms with Crippen LogP contribution in [0.3, 0.4) is 0 Å². The first-order valence-corrected chi connectivity index (χ1v) is 8.07. The maximum absolute atomic E-state index is 12.9. The van der Waals surface area contributed by atoms with Crippen molar-refractivity contribution in [1.29, 1.82) is 0 Å². The Morgan fingerprint density at radius 2 is 2.04 bits per heavy atom. The van der Waals surface area contributed by atoms with E-state index in [-0.39, 0.29) is 11.8 Å². The van der Waals surface area contributed by atoms with Crippen molar-refractivity contribution in [3.05, 3.63) is 54.1 Å². The van der Waals surface area contributed by atoms with Gasteiger partial charge in [0.1, 0.15) is 12.4 Å². The number of anilines is 2. The smallest absolute Gasteiger partial charge is 0.185 e. The van der Waals surface area contributed by atoms with E-state index in [4.69, 9.17) is 4.74 Å². The van der Waals surface area contributed by atoms with Crippen LogP contribution < -0.4 is 15.0 Å². The summed E-state index contributed by atoms with van der Waals surface area (Å²) in [5.41, 5.74) is 2.68. The Bertz CT molecular complexity index is 685. The van der Waals surface area contributed by atoms with Crippen LogP contribution in [0.2, 0.25) is 0 Å². The lowest BCUT2D eigenvalue weighted by molar-refractivity contribution is 0.0964. The first-order valence-electron chi connectivity index (χ1n) is 8.07. The standard InChI is InChI=1S/C19H22N2O2/c1-3-21(16-7-5-4-6-8-16)14(2)19(22)15-9-10-18-17(13-15)20-11-12-23-18/h4-10,13-14,20H,3,11-12H2,1-2H3. The number of Topliss-reactive ketones (excluding diaryl/α,β-unsaturated/α-hetero) is 1. The fraction of sp³-hybridized carbons (Fsp3) is 0.316. The molecular weight excluding hydrogens is 288 g/mol. The zero-order chi connectivity index (χ0) is 16.2. The van der Waals surface area contributed by atoms with E-state index in [0.717, 1.165) is 30.2 Å². The number of hydrogen-bond acceptors (Lipinski definition) is 4. The second-order valence-corrected chi connectivity index (χ2v) is 5.65. The number of benzene rings is 2. The summed E-state index contributed by atoms with van der Waals surface area (Å²) in [4.78, 5) is 15.0. The van der Waals surface area contributed by atoms with E-state index in [1.165, 1.54) is 0 Å². The number of carbonyl (C=O) groups excluding carboxylic acids is 1. The average molecular weight is 310 g/mol. The SMILES string of the molecule is CCN(c1ccccc1)C(C)C(=O)c1ccc2c(c1)NCCO2. The number of carbonyl (C=O) groups is 1. The molecule has 2 aromatic carbocycles. The summed E-state index contributed by atoms with van der Waals surface area (Å²) in [5, 5.41) is 3.28. The van der Waals surface area contributed by atoms with Gasteiger partial charge >= 0.3 is 0 Å². The molecule has 23 heavy (non-hydrogen) atoms. The van der Waals surface area contributed by atoms with Crippen molar-refractivity contribution in [3.8, 4) is 5.75 Å². The van der Waals surface area contributed by atoms with Crippen molar-refractivity contribution >= 4 is 17.2 Å². The molecule has 1 aliphatic heterocycles. The molecule has 120 valence electrons. The summed E-state index contributed by atoms with van der Waals surface area (Å²) in [6, 6.07) is 15.5. The first kappa shape index (κ1) is 15.4.